The zero-order valence-corrected chi connectivity index (χ0v) is 9.10. The first-order chi connectivity index (χ1) is 7.33. The fourth-order valence-corrected chi connectivity index (χ4v) is 1.44. The summed E-state index contributed by atoms with van der Waals surface area (Å²) >= 11 is 0. The van der Waals surface area contributed by atoms with Crippen molar-refractivity contribution in [2.45, 2.75) is 13.8 Å². The Labute approximate surface area is 90.4 Å². The van der Waals surface area contributed by atoms with Gasteiger partial charge in [-0.1, -0.05) is 36.4 Å². The van der Waals surface area contributed by atoms with E-state index in [0.29, 0.717) is 12.3 Å². The van der Waals surface area contributed by atoms with Crippen molar-refractivity contribution in [2.24, 2.45) is 4.99 Å². The van der Waals surface area contributed by atoms with Crippen LogP contribution in [0.1, 0.15) is 19.4 Å². The number of aldehydes is 1. The van der Waals surface area contributed by atoms with Crippen molar-refractivity contribution in [2.75, 3.05) is 6.54 Å². The van der Waals surface area contributed by atoms with Gasteiger partial charge in [-0.3, -0.25) is 9.79 Å². The molecule has 0 aliphatic rings. The highest BCUT2D eigenvalue weighted by molar-refractivity contribution is 6.48. The Morgan fingerprint density at radius 2 is 2.00 bits per heavy atom. The molecule has 0 bridgehead atoms. The molecular formula is C13H15NO. The molecule has 2 heteroatoms. The van der Waals surface area contributed by atoms with Gasteiger partial charge in [0.1, 0.15) is 5.71 Å². The standard InChI is InChI=1S/C13H15NO/c1-3-12(13(10-15)14-4-2)11-8-6-5-7-9-11/h3,5-10H,4H2,1-2H3/b12-3-,14-13?. The maximum atomic E-state index is 10.9. The number of hydrogen-bond acceptors (Lipinski definition) is 2. The average molecular weight is 201 g/mol. The molecule has 0 amide bonds. The van der Waals surface area contributed by atoms with Gasteiger partial charge in [-0.25, -0.2) is 0 Å². The average Bonchev–Trinajstić information content (AvgIpc) is 2.30. The van der Waals surface area contributed by atoms with Gasteiger partial charge < -0.3 is 0 Å². The Kier molecular flexibility index (Phi) is 4.48. The van der Waals surface area contributed by atoms with Crippen molar-refractivity contribution in [3.8, 4) is 0 Å². The van der Waals surface area contributed by atoms with Crippen LogP contribution >= 0.6 is 0 Å². The van der Waals surface area contributed by atoms with E-state index in [2.05, 4.69) is 4.99 Å². The molecule has 78 valence electrons. The molecular weight excluding hydrogens is 186 g/mol. The lowest BCUT2D eigenvalue weighted by Gasteiger charge is -2.05. The normalized spacial score (nSPS) is 12.7. The topological polar surface area (TPSA) is 29.4 Å². The molecule has 0 atom stereocenters. The van der Waals surface area contributed by atoms with Crippen molar-refractivity contribution in [3.05, 3.63) is 42.0 Å². The summed E-state index contributed by atoms with van der Waals surface area (Å²) in [5.41, 5.74) is 2.44. The van der Waals surface area contributed by atoms with Crippen LogP contribution < -0.4 is 0 Å². The molecule has 0 radical (unpaired) electrons. The summed E-state index contributed by atoms with van der Waals surface area (Å²) in [5.74, 6) is 0. The maximum absolute atomic E-state index is 10.9. The number of benzene rings is 1. The van der Waals surface area contributed by atoms with Gasteiger partial charge in [-0.05, 0) is 19.4 Å². The van der Waals surface area contributed by atoms with Crippen LogP contribution in [0.4, 0.5) is 0 Å². The maximum Gasteiger partial charge on any atom is 0.168 e. The Morgan fingerprint density at radius 3 is 2.47 bits per heavy atom. The highest BCUT2D eigenvalue weighted by Gasteiger charge is 2.06. The first-order valence-corrected chi connectivity index (χ1v) is 5.05. The van der Waals surface area contributed by atoms with E-state index in [4.69, 9.17) is 0 Å². The van der Waals surface area contributed by atoms with Crippen LogP contribution in [0.5, 0.6) is 0 Å². The molecule has 0 aromatic heterocycles. The quantitative estimate of drug-likeness (QED) is 0.544. The Bertz CT molecular complexity index is 377. The Hall–Kier alpha value is -1.70. The van der Waals surface area contributed by atoms with Crippen LogP contribution in [0.2, 0.25) is 0 Å². The molecule has 0 spiro atoms. The largest absolute Gasteiger partial charge is 0.296 e. The SMILES string of the molecule is C/C=C(\C(C=O)=NCC)c1ccccc1. The lowest BCUT2D eigenvalue weighted by atomic mass is 10.0. The Balaban J connectivity index is 3.10. The fraction of sp³-hybridized carbons (Fsp3) is 0.231. The van der Waals surface area contributed by atoms with Crippen LogP contribution in [-0.2, 0) is 4.79 Å². The van der Waals surface area contributed by atoms with Gasteiger partial charge in [0.05, 0.1) is 0 Å². The molecule has 15 heavy (non-hydrogen) atoms. The second-order valence-corrected chi connectivity index (χ2v) is 3.05. The predicted molar refractivity (Wildman–Crippen MR) is 64.1 cm³/mol. The van der Waals surface area contributed by atoms with Gasteiger partial charge in [0.2, 0.25) is 0 Å². The van der Waals surface area contributed by atoms with Gasteiger partial charge in [0, 0.05) is 12.1 Å². The second-order valence-electron chi connectivity index (χ2n) is 3.05. The molecule has 0 fully saturated rings. The summed E-state index contributed by atoms with van der Waals surface area (Å²) < 4.78 is 0. The summed E-state index contributed by atoms with van der Waals surface area (Å²) in [4.78, 5) is 15.1. The smallest absolute Gasteiger partial charge is 0.168 e. The van der Waals surface area contributed by atoms with E-state index in [1.807, 2.05) is 50.3 Å². The van der Waals surface area contributed by atoms with Gasteiger partial charge >= 0.3 is 0 Å². The van der Waals surface area contributed by atoms with E-state index in [1.54, 1.807) is 0 Å². The monoisotopic (exact) mass is 201 g/mol. The van der Waals surface area contributed by atoms with E-state index in [9.17, 15) is 4.79 Å². The molecule has 1 aromatic rings. The van der Waals surface area contributed by atoms with Crippen LogP contribution in [0.25, 0.3) is 5.57 Å². The lowest BCUT2D eigenvalue weighted by Crippen LogP contribution is -2.04. The molecule has 0 unspecified atom stereocenters. The number of carbonyl (C=O) groups excluding carboxylic acids is 1. The van der Waals surface area contributed by atoms with E-state index in [1.165, 1.54) is 0 Å². The molecule has 1 aromatic carbocycles. The van der Waals surface area contributed by atoms with E-state index < -0.39 is 0 Å². The molecule has 0 N–H and O–H groups in total. The highest BCUT2D eigenvalue weighted by Crippen LogP contribution is 2.15. The molecule has 2 nitrogen and oxygen atoms in total. The number of hydrogen-bond donors (Lipinski definition) is 0. The molecule has 0 saturated carbocycles. The van der Waals surface area contributed by atoms with Crippen molar-refractivity contribution in [1.29, 1.82) is 0 Å². The van der Waals surface area contributed by atoms with Crippen LogP contribution in [-0.4, -0.2) is 18.5 Å². The van der Waals surface area contributed by atoms with Gasteiger partial charge in [-0.15, -0.1) is 0 Å². The minimum Gasteiger partial charge on any atom is -0.296 e. The van der Waals surface area contributed by atoms with Crippen LogP contribution in [0.15, 0.2) is 41.4 Å². The van der Waals surface area contributed by atoms with Crippen molar-refractivity contribution >= 4 is 17.6 Å². The van der Waals surface area contributed by atoms with Crippen LogP contribution in [0.3, 0.4) is 0 Å². The number of aliphatic imine (C=N–C) groups is 1. The number of carbonyl (C=O) groups is 1. The molecule has 0 heterocycles. The van der Waals surface area contributed by atoms with Crippen LogP contribution in [0, 0.1) is 0 Å². The zero-order chi connectivity index (χ0) is 11.1. The van der Waals surface area contributed by atoms with Gasteiger partial charge in [0.15, 0.2) is 6.29 Å². The molecule has 0 aliphatic heterocycles. The number of nitrogens with zero attached hydrogens (tertiary/aromatic N) is 1. The predicted octanol–water partition coefficient (Wildman–Crippen LogP) is 2.75. The van der Waals surface area contributed by atoms with E-state index in [-0.39, 0.29) is 0 Å². The number of allylic oxidation sites excluding steroid dienone is 2. The van der Waals surface area contributed by atoms with Crippen molar-refractivity contribution in [1.82, 2.24) is 0 Å². The minimum atomic E-state index is 0.520. The summed E-state index contributed by atoms with van der Waals surface area (Å²) in [5, 5.41) is 0. The Morgan fingerprint density at radius 1 is 1.33 bits per heavy atom. The van der Waals surface area contributed by atoms with Crippen molar-refractivity contribution < 1.29 is 4.79 Å². The summed E-state index contributed by atoms with van der Waals surface area (Å²) in [7, 11) is 0. The zero-order valence-electron chi connectivity index (χ0n) is 9.10. The molecule has 1 rings (SSSR count). The highest BCUT2D eigenvalue weighted by atomic mass is 16.1. The third kappa shape index (κ3) is 2.88. The summed E-state index contributed by atoms with van der Waals surface area (Å²) in [6.07, 6.45) is 2.73. The van der Waals surface area contributed by atoms with E-state index in [0.717, 1.165) is 17.4 Å². The fourth-order valence-electron chi connectivity index (χ4n) is 1.44. The molecule has 0 saturated heterocycles. The number of rotatable bonds is 4. The second kappa shape index (κ2) is 5.91. The van der Waals surface area contributed by atoms with E-state index >= 15 is 0 Å². The lowest BCUT2D eigenvalue weighted by molar-refractivity contribution is -0.102. The van der Waals surface area contributed by atoms with Gasteiger partial charge in [-0.2, -0.15) is 0 Å². The minimum absolute atomic E-state index is 0.520. The van der Waals surface area contributed by atoms with Crippen molar-refractivity contribution in [3.63, 3.8) is 0 Å². The summed E-state index contributed by atoms with van der Waals surface area (Å²) in [6, 6.07) is 9.81. The third-order valence-corrected chi connectivity index (χ3v) is 2.09. The van der Waals surface area contributed by atoms with Gasteiger partial charge in [0.25, 0.3) is 0 Å². The first-order valence-electron chi connectivity index (χ1n) is 5.05. The third-order valence-electron chi connectivity index (χ3n) is 2.09. The summed E-state index contributed by atoms with van der Waals surface area (Å²) in [6.45, 7) is 4.46. The molecule has 0 aliphatic carbocycles. The first kappa shape index (κ1) is 11.4.